The standard InChI is InChI=1S/C18H18ClFN4O/c1-25-18-23-16(12-4-3-8-21-11-12)10-17(24-18)22-9-7-13-14(19)5-2-6-15(13)20/h2-6,10-11,21H,7-9H2,1H3,(H,22,23,24). The Balaban J connectivity index is 1.74. The molecule has 2 aromatic rings. The van der Waals surface area contributed by atoms with Crippen LogP contribution in [0.4, 0.5) is 10.2 Å². The number of halogens is 2. The number of allylic oxidation sites excluding steroid dienone is 2. The molecule has 0 saturated heterocycles. The van der Waals surface area contributed by atoms with Crippen molar-refractivity contribution in [2.75, 3.05) is 25.5 Å². The average Bonchev–Trinajstić information content (AvgIpc) is 2.64. The van der Waals surface area contributed by atoms with Crippen LogP contribution in [0, 0.1) is 5.82 Å². The highest BCUT2D eigenvalue weighted by atomic mass is 35.5. The van der Waals surface area contributed by atoms with Crippen LogP contribution >= 0.6 is 11.6 Å². The van der Waals surface area contributed by atoms with Gasteiger partial charge >= 0.3 is 6.01 Å². The second-order valence-electron chi connectivity index (χ2n) is 5.41. The molecule has 7 heteroatoms. The first kappa shape index (κ1) is 17.2. The number of hydrogen-bond donors (Lipinski definition) is 2. The van der Waals surface area contributed by atoms with Gasteiger partial charge in [0.1, 0.15) is 11.6 Å². The third-order valence-corrected chi connectivity index (χ3v) is 4.07. The van der Waals surface area contributed by atoms with Crippen LogP contribution in [0.15, 0.2) is 42.6 Å². The Labute approximate surface area is 150 Å². The molecule has 0 spiro atoms. The summed E-state index contributed by atoms with van der Waals surface area (Å²) < 4.78 is 19.0. The fourth-order valence-corrected chi connectivity index (χ4v) is 2.73. The lowest BCUT2D eigenvalue weighted by Crippen LogP contribution is -2.11. The van der Waals surface area contributed by atoms with Crippen molar-refractivity contribution in [3.05, 3.63) is 64.7 Å². The van der Waals surface area contributed by atoms with Gasteiger partial charge in [0.25, 0.3) is 0 Å². The fraction of sp³-hybridized carbons (Fsp3) is 0.222. The number of methoxy groups -OCH3 is 1. The van der Waals surface area contributed by atoms with E-state index in [1.807, 2.05) is 24.4 Å². The van der Waals surface area contributed by atoms with Crippen molar-refractivity contribution < 1.29 is 9.13 Å². The average molecular weight is 361 g/mol. The lowest BCUT2D eigenvalue weighted by Gasteiger charge is -2.12. The van der Waals surface area contributed by atoms with E-state index in [0.717, 1.165) is 17.8 Å². The van der Waals surface area contributed by atoms with E-state index in [1.54, 1.807) is 12.1 Å². The van der Waals surface area contributed by atoms with Gasteiger partial charge in [-0.15, -0.1) is 0 Å². The van der Waals surface area contributed by atoms with Crippen molar-refractivity contribution in [3.63, 3.8) is 0 Å². The van der Waals surface area contributed by atoms with Crippen LogP contribution in [-0.4, -0.2) is 30.2 Å². The summed E-state index contributed by atoms with van der Waals surface area (Å²) in [5.74, 6) is 0.299. The Hall–Kier alpha value is -2.60. The Morgan fingerprint density at radius 1 is 1.36 bits per heavy atom. The zero-order valence-electron chi connectivity index (χ0n) is 13.7. The summed E-state index contributed by atoms with van der Waals surface area (Å²) >= 11 is 6.05. The number of nitrogens with one attached hydrogen (secondary N) is 2. The number of aromatic nitrogens is 2. The third-order valence-electron chi connectivity index (χ3n) is 3.72. The molecule has 5 nitrogen and oxygen atoms in total. The Morgan fingerprint density at radius 3 is 2.96 bits per heavy atom. The lowest BCUT2D eigenvalue weighted by atomic mass is 10.1. The first-order chi connectivity index (χ1) is 12.2. The molecule has 1 aliphatic rings. The molecule has 2 N–H and O–H groups in total. The second-order valence-corrected chi connectivity index (χ2v) is 5.82. The highest BCUT2D eigenvalue weighted by Crippen LogP contribution is 2.22. The highest BCUT2D eigenvalue weighted by molar-refractivity contribution is 6.31. The number of anilines is 1. The van der Waals surface area contributed by atoms with Crippen LogP contribution in [0.5, 0.6) is 6.01 Å². The molecule has 0 aliphatic carbocycles. The van der Waals surface area contributed by atoms with Crippen LogP contribution in [0.25, 0.3) is 5.57 Å². The topological polar surface area (TPSA) is 59.1 Å². The summed E-state index contributed by atoms with van der Waals surface area (Å²) in [7, 11) is 1.52. The minimum Gasteiger partial charge on any atom is -0.467 e. The molecule has 0 radical (unpaired) electrons. The predicted octanol–water partition coefficient (Wildman–Crippen LogP) is 3.43. The summed E-state index contributed by atoms with van der Waals surface area (Å²) in [6, 6.07) is 6.77. The molecule has 25 heavy (non-hydrogen) atoms. The van der Waals surface area contributed by atoms with Crippen molar-refractivity contribution in [1.29, 1.82) is 0 Å². The van der Waals surface area contributed by atoms with E-state index in [2.05, 4.69) is 20.6 Å². The van der Waals surface area contributed by atoms with Crippen molar-refractivity contribution >= 4 is 23.0 Å². The normalized spacial score (nSPS) is 13.2. The Bertz CT molecular complexity index is 802. The largest absolute Gasteiger partial charge is 0.467 e. The third kappa shape index (κ3) is 4.28. The van der Waals surface area contributed by atoms with E-state index in [4.69, 9.17) is 16.3 Å². The number of dihydropyridines is 1. The van der Waals surface area contributed by atoms with E-state index in [-0.39, 0.29) is 11.8 Å². The molecule has 0 atom stereocenters. The predicted molar refractivity (Wildman–Crippen MR) is 97.3 cm³/mol. The SMILES string of the molecule is COc1nc(NCCc2c(F)cccc2Cl)cc(C2=CNCC=C2)n1. The Kier molecular flexibility index (Phi) is 5.50. The molecule has 1 aromatic carbocycles. The van der Waals surface area contributed by atoms with Gasteiger partial charge < -0.3 is 15.4 Å². The van der Waals surface area contributed by atoms with E-state index in [0.29, 0.717) is 29.4 Å². The van der Waals surface area contributed by atoms with E-state index >= 15 is 0 Å². The fourth-order valence-electron chi connectivity index (χ4n) is 2.47. The maximum absolute atomic E-state index is 13.8. The molecule has 2 heterocycles. The van der Waals surface area contributed by atoms with Gasteiger partial charge in [0.15, 0.2) is 0 Å². The zero-order valence-corrected chi connectivity index (χ0v) is 14.5. The van der Waals surface area contributed by atoms with Crippen molar-refractivity contribution in [3.8, 4) is 6.01 Å². The molecular formula is C18H18ClFN4O. The van der Waals surface area contributed by atoms with Gasteiger partial charge in [-0.1, -0.05) is 29.8 Å². The quantitative estimate of drug-likeness (QED) is 0.826. The van der Waals surface area contributed by atoms with E-state index < -0.39 is 0 Å². The molecule has 0 unspecified atom stereocenters. The molecular weight excluding hydrogens is 343 g/mol. The molecule has 130 valence electrons. The molecule has 1 aliphatic heterocycles. The molecule has 3 rings (SSSR count). The molecule has 1 aromatic heterocycles. The first-order valence-corrected chi connectivity index (χ1v) is 8.25. The van der Waals surface area contributed by atoms with Gasteiger partial charge in [-0.05, 0) is 18.6 Å². The van der Waals surface area contributed by atoms with E-state index in [1.165, 1.54) is 13.2 Å². The van der Waals surface area contributed by atoms with Gasteiger partial charge in [0.05, 0.1) is 12.8 Å². The zero-order chi connectivity index (χ0) is 17.6. The van der Waals surface area contributed by atoms with Gasteiger partial charge in [0, 0.05) is 41.5 Å². The summed E-state index contributed by atoms with van der Waals surface area (Å²) in [5.41, 5.74) is 2.16. The molecule has 0 fully saturated rings. The molecule has 0 bridgehead atoms. The number of benzene rings is 1. The number of nitrogens with zero attached hydrogens (tertiary/aromatic N) is 2. The minimum absolute atomic E-state index is 0.267. The van der Waals surface area contributed by atoms with Gasteiger partial charge in [-0.25, -0.2) is 4.39 Å². The molecule has 0 saturated carbocycles. The number of rotatable bonds is 6. The van der Waals surface area contributed by atoms with Gasteiger partial charge in [-0.3, -0.25) is 0 Å². The molecule has 0 amide bonds. The second kappa shape index (κ2) is 7.98. The Morgan fingerprint density at radius 2 is 2.24 bits per heavy atom. The monoisotopic (exact) mass is 360 g/mol. The van der Waals surface area contributed by atoms with E-state index in [9.17, 15) is 4.39 Å². The number of ether oxygens (including phenoxy) is 1. The van der Waals surface area contributed by atoms with Crippen LogP contribution in [0.2, 0.25) is 5.02 Å². The summed E-state index contributed by atoms with van der Waals surface area (Å²) in [6.07, 6.45) is 6.33. The van der Waals surface area contributed by atoms with Crippen molar-refractivity contribution in [2.24, 2.45) is 0 Å². The highest BCUT2D eigenvalue weighted by Gasteiger charge is 2.10. The minimum atomic E-state index is -0.307. The lowest BCUT2D eigenvalue weighted by molar-refractivity contribution is 0.380. The maximum atomic E-state index is 13.8. The summed E-state index contributed by atoms with van der Waals surface area (Å²) in [6.45, 7) is 1.27. The van der Waals surface area contributed by atoms with Crippen LogP contribution in [0.3, 0.4) is 0 Å². The first-order valence-electron chi connectivity index (χ1n) is 7.87. The number of hydrogen-bond acceptors (Lipinski definition) is 5. The van der Waals surface area contributed by atoms with Crippen LogP contribution in [-0.2, 0) is 6.42 Å². The van der Waals surface area contributed by atoms with Crippen LogP contribution < -0.4 is 15.4 Å². The van der Waals surface area contributed by atoms with Crippen molar-refractivity contribution in [1.82, 2.24) is 15.3 Å². The summed E-state index contributed by atoms with van der Waals surface area (Å²) in [4.78, 5) is 8.64. The van der Waals surface area contributed by atoms with Crippen LogP contribution in [0.1, 0.15) is 11.3 Å². The van der Waals surface area contributed by atoms with Crippen molar-refractivity contribution in [2.45, 2.75) is 6.42 Å². The summed E-state index contributed by atoms with van der Waals surface area (Å²) in [5, 5.41) is 6.74. The van der Waals surface area contributed by atoms with Gasteiger partial charge in [-0.2, -0.15) is 9.97 Å². The smallest absolute Gasteiger partial charge is 0.318 e. The maximum Gasteiger partial charge on any atom is 0.318 e. The van der Waals surface area contributed by atoms with Gasteiger partial charge in [0.2, 0.25) is 0 Å².